The van der Waals surface area contributed by atoms with Crippen LogP contribution < -0.4 is 4.74 Å². The average Bonchev–Trinajstić information content (AvgIpc) is 2.42. The van der Waals surface area contributed by atoms with Gasteiger partial charge in [0.2, 0.25) is 0 Å². The van der Waals surface area contributed by atoms with Gasteiger partial charge in [0.1, 0.15) is 5.75 Å². The van der Waals surface area contributed by atoms with Gasteiger partial charge in [-0.3, -0.25) is 9.98 Å². The van der Waals surface area contributed by atoms with E-state index in [0.717, 1.165) is 11.3 Å². The van der Waals surface area contributed by atoms with Crippen molar-refractivity contribution in [2.45, 2.75) is 6.54 Å². The maximum absolute atomic E-state index is 5.98. The molecule has 0 aliphatic rings. The minimum atomic E-state index is 0.594. The highest BCUT2D eigenvalue weighted by atomic mass is 35.5. The van der Waals surface area contributed by atoms with E-state index in [1.54, 1.807) is 31.7 Å². The van der Waals surface area contributed by atoms with Crippen molar-refractivity contribution in [1.82, 2.24) is 4.98 Å². The van der Waals surface area contributed by atoms with E-state index in [9.17, 15) is 0 Å². The van der Waals surface area contributed by atoms with Crippen LogP contribution in [0.5, 0.6) is 5.75 Å². The average molecular weight is 261 g/mol. The number of aromatic nitrogens is 1. The van der Waals surface area contributed by atoms with Crippen molar-refractivity contribution in [2.24, 2.45) is 4.99 Å². The maximum atomic E-state index is 5.98. The Kier molecular flexibility index (Phi) is 4.31. The SMILES string of the molecule is COc1ccc(CN=Cc2ncccc2Cl)cc1. The Morgan fingerprint density at radius 2 is 2.06 bits per heavy atom. The van der Waals surface area contributed by atoms with Gasteiger partial charge in [-0.05, 0) is 29.8 Å². The van der Waals surface area contributed by atoms with E-state index in [2.05, 4.69) is 9.98 Å². The van der Waals surface area contributed by atoms with Gasteiger partial charge in [0.25, 0.3) is 0 Å². The zero-order valence-electron chi connectivity index (χ0n) is 10.0. The topological polar surface area (TPSA) is 34.5 Å². The molecule has 0 spiro atoms. The molecule has 0 bridgehead atoms. The molecule has 0 amide bonds. The van der Waals surface area contributed by atoms with E-state index < -0.39 is 0 Å². The number of rotatable bonds is 4. The molecule has 0 saturated heterocycles. The normalized spacial score (nSPS) is 10.8. The van der Waals surface area contributed by atoms with Gasteiger partial charge in [-0.1, -0.05) is 23.7 Å². The lowest BCUT2D eigenvalue weighted by Crippen LogP contribution is -1.89. The number of nitrogens with zero attached hydrogens (tertiary/aromatic N) is 2. The fourth-order valence-electron chi connectivity index (χ4n) is 1.46. The van der Waals surface area contributed by atoms with Gasteiger partial charge in [0.05, 0.1) is 24.4 Å². The van der Waals surface area contributed by atoms with Crippen molar-refractivity contribution >= 4 is 17.8 Å². The van der Waals surface area contributed by atoms with E-state index in [1.165, 1.54) is 0 Å². The third-order valence-corrected chi connectivity index (χ3v) is 2.75. The minimum Gasteiger partial charge on any atom is -0.497 e. The van der Waals surface area contributed by atoms with Crippen LogP contribution in [0.15, 0.2) is 47.6 Å². The molecule has 1 aromatic carbocycles. The summed E-state index contributed by atoms with van der Waals surface area (Å²) in [4.78, 5) is 8.45. The van der Waals surface area contributed by atoms with Crippen LogP contribution in [0, 0.1) is 0 Å². The summed E-state index contributed by atoms with van der Waals surface area (Å²) in [6, 6.07) is 11.4. The second kappa shape index (κ2) is 6.17. The lowest BCUT2D eigenvalue weighted by atomic mass is 10.2. The van der Waals surface area contributed by atoms with Crippen molar-refractivity contribution in [3.05, 3.63) is 58.9 Å². The highest BCUT2D eigenvalue weighted by molar-refractivity contribution is 6.32. The Morgan fingerprint density at radius 1 is 1.28 bits per heavy atom. The summed E-state index contributed by atoms with van der Waals surface area (Å²) in [7, 11) is 1.65. The first-order valence-corrected chi connectivity index (χ1v) is 5.90. The van der Waals surface area contributed by atoms with Crippen LogP contribution in [0.3, 0.4) is 0 Å². The smallest absolute Gasteiger partial charge is 0.118 e. The van der Waals surface area contributed by atoms with Crippen LogP contribution in [0.2, 0.25) is 5.02 Å². The molecule has 2 rings (SSSR count). The van der Waals surface area contributed by atoms with Crippen molar-refractivity contribution in [3.8, 4) is 5.75 Å². The summed E-state index contributed by atoms with van der Waals surface area (Å²) >= 11 is 5.98. The molecule has 0 unspecified atom stereocenters. The minimum absolute atomic E-state index is 0.594. The number of halogens is 1. The molecule has 0 N–H and O–H groups in total. The summed E-state index contributed by atoms with van der Waals surface area (Å²) in [6.45, 7) is 0.594. The van der Waals surface area contributed by atoms with Crippen LogP contribution in [-0.4, -0.2) is 18.3 Å². The van der Waals surface area contributed by atoms with Gasteiger partial charge in [0.15, 0.2) is 0 Å². The number of benzene rings is 1. The van der Waals surface area contributed by atoms with Gasteiger partial charge in [-0.25, -0.2) is 0 Å². The molecule has 0 fully saturated rings. The summed E-state index contributed by atoms with van der Waals surface area (Å²) in [5.41, 5.74) is 1.80. The summed E-state index contributed by atoms with van der Waals surface area (Å²) in [5, 5.41) is 0.607. The lowest BCUT2D eigenvalue weighted by Gasteiger charge is -2.00. The first kappa shape index (κ1) is 12.6. The molecule has 18 heavy (non-hydrogen) atoms. The quantitative estimate of drug-likeness (QED) is 0.790. The van der Waals surface area contributed by atoms with Crippen molar-refractivity contribution in [2.75, 3.05) is 7.11 Å². The monoisotopic (exact) mass is 260 g/mol. The number of ether oxygens (including phenoxy) is 1. The van der Waals surface area contributed by atoms with E-state index in [-0.39, 0.29) is 0 Å². The van der Waals surface area contributed by atoms with Crippen LogP contribution in [0.25, 0.3) is 0 Å². The van der Waals surface area contributed by atoms with E-state index in [1.807, 2.05) is 24.3 Å². The third kappa shape index (κ3) is 3.31. The van der Waals surface area contributed by atoms with Crippen molar-refractivity contribution in [1.29, 1.82) is 0 Å². The molecule has 0 radical (unpaired) electrons. The maximum Gasteiger partial charge on any atom is 0.118 e. The van der Waals surface area contributed by atoms with Crippen LogP contribution in [0.1, 0.15) is 11.3 Å². The van der Waals surface area contributed by atoms with Gasteiger partial charge in [0, 0.05) is 12.4 Å². The molecular formula is C14H13ClN2O. The predicted molar refractivity (Wildman–Crippen MR) is 73.5 cm³/mol. The summed E-state index contributed by atoms with van der Waals surface area (Å²) in [5.74, 6) is 0.843. The van der Waals surface area contributed by atoms with Gasteiger partial charge in [-0.15, -0.1) is 0 Å². The Balaban J connectivity index is 2.00. The van der Waals surface area contributed by atoms with Crippen LogP contribution >= 0.6 is 11.6 Å². The molecule has 4 heteroatoms. The molecule has 3 nitrogen and oxygen atoms in total. The highest BCUT2D eigenvalue weighted by Gasteiger charge is 1.96. The molecule has 1 aromatic heterocycles. The van der Waals surface area contributed by atoms with Gasteiger partial charge in [-0.2, -0.15) is 0 Å². The molecule has 0 atom stereocenters. The zero-order valence-corrected chi connectivity index (χ0v) is 10.8. The molecule has 92 valence electrons. The lowest BCUT2D eigenvalue weighted by molar-refractivity contribution is 0.414. The number of pyridine rings is 1. The fraction of sp³-hybridized carbons (Fsp3) is 0.143. The Bertz CT molecular complexity index is 538. The molecule has 0 aliphatic carbocycles. The third-order valence-electron chi connectivity index (χ3n) is 2.43. The second-order valence-corrected chi connectivity index (χ2v) is 4.10. The highest BCUT2D eigenvalue weighted by Crippen LogP contribution is 2.13. The zero-order chi connectivity index (χ0) is 12.8. The molecule has 1 heterocycles. The molecule has 2 aromatic rings. The number of aliphatic imine (C=N–C) groups is 1. The summed E-state index contributed by atoms with van der Waals surface area (Å²) in [6.07, 6.45) is 3.38. The van der Waals surface area contributed by atoms with Crippen molar-refractivity contribution in [3.63, 3.8) is 0 Å². The summed E-state index contributed by atoms with van der Waals surface area (Å²) < 4.78 is 5.09. The van der Waals surface area contributed by atoms with E-state index in [0.29, 0.717) is 17.3 Å². The standard InChI is InChI=1S/C14H13ClN2O/c1-18-12-6-4-11(5-7-12)9-16-10-14-13(15)3-2-8-17-14/h2-8,10H,9H2,1H3. The molecular weight excluding hydrogens is 248 g/mol. The molecule has 0 aliphatic heterocycles. The fourth-order valence-corrected chi connectivity index (χ4v) is 1.63. The van der Waals surface area contributed by atoms with E-state index in [4.69, 9.17) is 16.3 Å². The van der Waals surface area contributed by atoms with Crippen LogP contribution in [-0.2, 0) is 6.54 Å². The van der Waals surface area contributed by atoms with Gasteiger partial charge >= 0.3 is 0 Å². The van der Waals surface area contributed by atoms with Crippen LogP contribution in [0.4, 0.5) is 0 Å². The Labute approximate surface area is 111 Å². The number of hydrogen-bond donors (Lipinski definition) is 0. The van der Waals surface area contributed by atoms with Crippen molar-refractivity contribution < 1.29 is 4.74 Å². The number of methoxy groups -OCH3 is 1. The predicted octanol–water partition coefficient (Wildman–Crippen LogP) is 3.36. The Morgan fingerprint density at radius 3 is 2.72 bits per heavy atom. The second-order valence-electron chi connectivity index (χ2n) is 3.69. The van der Waals surface area contributed by atoms with E-state index >= 15 is 0 Å². The Hall–Kier alpha value is -1.87. The van der Waals surface area contributed by atoms with Gasteiger partial charge < -0.3 is 4.74 Å². The first-order valence-electron chi connectivity index (χ1n) is 5.53. The first-order chi connectivity index (χ1) is 8.79. The largest absolute Gasteiger partial charge is 0.497 e. The number of hydrogen-bond acceptors (Lipinski definition) is 3. The molecule has 0 saturated carbocycles.